The van der Waals surface area contributed by atoms with Crippen molar-refractivity contribution in [2.24, 2.45) is 5.92 Å². The van der Waals surface area contributed by atoms with Crippen LogP contribution in [0.1, 0.15) is 12.0 Å². The average molecular weight is 404 g/mol. The molecule has 7 nitrogen and oxygen atoms in total. The summed E-state index contributed by atoms with van der Waals surface area (Å²) in [6.45, 7) is 2.62. The summed E-state index contributed by atoms with van der Waals surface area (Å²) in [5.74, 6) is 0.534. The highest BCUT2D eigenvalue weighted by atomic mass is 32.2. The Labute approximate surface area is 165 Å². The summed E-state index contributed by atoms with van der Waals surface area (Å²) in [5.41, 5.74) is 1.95. The molecule has 3 rings (SSSR count). The van der Waals surface area contributed by atoms with E-state index in [1.807, 2.05) is 31.2 Å². The second-order valence-corrected chi connectivity index (χ2v) is 8.51. The van der Waals surface area contributed by atoms with E-state index in [4.69, 9.17) is 9.47 Å². The molecule has 0 radical (unpaired) electrons. The van der Waals surface area contributed by atoms with Gasteiger partial charge >= 0.3 is 0 Å². The lowest BCUT2D eigenvalue weighted by Gasteiger charge is -2.17. The van der Waals surface area contributed by atoms with Crippen LogP contribution in [0.2, 0.25) is 0 Å². The second kappa shape index (κ2) is 8.20. The maximum atomic E-state index is 12.8. The van der Waals surface area contributed by atoms with E-state index in [2.05, 4.69) is 4.72 Å². The molecule has 0 aliphatic carbocycles. The molecule has 2 aromatic carbocycles. The smallest absolute Gasteiger partial charge is 0.244 e. The Morgan fingerprint density at radius 2 is 1.82 bits per heavy atom. The van der Waals surface area contributed by atoms with Crippen LogP contribution in [0, 0.1) is 12.8 Å². The van der Waals surface area contributed by atoms with Crippen LogP contribution in [0.4, 0.5) is 5.69 Å². The van der Waals surface area contributed by atoms with Gasteiger partial charge in [0.2, 0.25) is 15.9 Å². The third kappa shape index (κ3) is 4.28. The predicted molar refractivity (Wildman–Crippen MR) is 106 cm³/mol. The van der Waals surface area contributed by atoms with Gasteiger partial charge in [0.15, 0.2) is 0 Å². The number of nitrogens with one attached hydrogen (secondary N) is 1. The third-order valence-electron chi connectivity index (χ3n) is 4.77. The number of hydrogen-bond acceptors (Lipinski definition) is 5. The zero-order chi connectivity index (χ0) is 20.3. The van der Waals surface area contributed by atoms with Gasteiger partial charge in [0.25, 0.3) is 0 Å². The number of benzene rings is 2. The summed E-state index contributed by atoms with van der Waals surface area (Å²) in [4.78, 5) is 14.1. The molecule has 1 heterocycles. The van der Waals surface area contributed by atoms with Crippen LogP contribution >= 0.6 is 0 Å². The van der Waals surface area contributed by atoms with Gasteiger partial charge in [0.05, 0.1) is 14.2 Å². The van der Waals surface area contributed by atoms with Crippen LogP contribution in [-0.4, -0.2) is 41.6 Å². The lowest BCUT2D eigenvalue weighted by molar-refractivity contribution is -0.117. The van der Waals surface area contributed by atoms with Crippen molar-refractivity contribution >= 4 is 21.6 Å². The number of hydrogen-bond donors (Lipinski definition) is 1. The van der Waals surface area contributed by atoms with Gasteiger partial charge in [-0.15, -0.1) is 0 Å². The first-order chi connectivity index (χ1) is 13.3. The molecule has 1 saturated heterocycles. The molecule has 150 valence electrons. The van der Waals surface area contributed by atoms with Gasteiger partial charge in [-0.3, -0.25) is 4.79 Å². The van der Waals surface area contributed by atoms with E-state index in [9.17, 15) is 13.2 Å². The fourth-order valence-electron chi connectivity index (χ4n) is 3.19. The lowest BCUT2D eigenvalue weighted by Crippen LogP contribution is -2.31. The molecule has 2 aromatic rings. The molecule has 1 amide bonds. The van der Waals surface area contributed by atoms with Crippen molar-refractivity contribution in [2.45, 2.75) is 18.2 Å². The largest absolute Gasteiger partial charge is 0.497 e. The van der Waals surface area contributed by atoms with E-state index >= 15 is 0 Å². The molecule has 8 heteroatoms. The number of rotatable bonds is 7. The van der Waals surface area contributed by atoms with E-state index in [1.54, 1.807) is 17.0 Å². The number of ether oxygens (including phenoxy) is 2. The number of amides is 1. The first-order valence-electron chi connectivity index (χ1n) is 8.93. The highest BCUT2D eigenvalue weighted by Crippen LogP contribution is 2.29. The van der Waals surface area contributed by atoms with E-state index in [-0.39, 0.29) is 29.0 Å². The van der Waals surface area contributed by atoms with Crippen molar-refractivity contribution in [3.63, 3.8) is 0 Å². The van der Waals surface area contributed by atoms with Gasteiger partial charge in [-0.1, -0.05) is 17.7 Å². The number of anilines is 1. The molecule has 0 saturated carbocycles. The normalized spacial score (nSPS) is 17.0. The molecular formula is C20H24N2O5S. The molecular weight excluding hydrogens is 380 g/mol. The topological polar surface area (TPSA) is 84.9 Å². The van der Waals surface area contributed by atoms with E-state index < -0.39 is 10.0 Å². The molecule has 1 fully saturated rings. The standard InChI is InChI=1S/C20H24N2O5S/c1-14-4-6-16(7-5-14)22-13-15(10-20(22)23)12-21-28(24,25)19-11-17(26-2)8-9-18(19)27-3/h4-9,11,15,21H,10,12-13H2,1-3H3/t15-/m1/s1. The van der Waals surface area contributed by atoms with Crippen molar-refractivity contribution in [2.75, 3.05) is 32.2 Å². The Kier molecular flexibility index (Phi) is 5.90. The molecule has 1 aliphatic rings. The zero-order valence-corrected chi connectivity index (χ0v) is 17.0. The SMILES string of the molecule is COc1ccc(OC)c(S(=O)(=O)NC[C@H]2CC(=O)N(c3ccc(C)cc3)C2)c1. The second-order valence-electron chi connectivity index (χ2n) is 6.78. The highest BCUT2D eigenvalue weighted by molar-refractivity contribution is 7.89. The van der Waals surface area contributed by atoms with Crippen molar-refractivity contribution < 1.29 is 22.7 Å². The summed E-state index contributed by atoms with van der Waals surface area (Å²) in [7, 11) is -0.933. The van der Waals surface area contributed by atoms with Crippen molar-refractivity contribution in [3.05, 3.63) is 48.0 Å². The molecule has 1 N–H and O–H groups in total. The summed E-state index contributed by atoms with van der Waals surface area (Å²) >= 11 is 0. The first kappa shape index (κ1) is 20.2. The highest BCUT2D eigenvalue weighted by Gasteiger charge is 2.32. The van der Waals surface area contributed by atoms with Crippen LogP contribution in [-0.2, 0) is 14.8 Å². The molecule has 28 heavy (non-hydrogen) atoms. The van der Waals surface area contributed by atoms with Crippen LogP contribution < -0.4 is 19.1 Å². The Balaban J connectivity index is 1.70. The minimum absolute atomic E-state index is 0.00740. The molecule has 0 unspecified atom stereocenters. The molecule has 0 bridgehead atoms. The number of carbonyl (C=O) groups excluding carboxylic acids is 1. The zero-order valence-electron chi connectivity index (χ0n) is 16.1. The van der Waals surface area contributed by atoms with Crippen molar-refractivity contribution in [1.29, 1.82) is 0 Å². The summed E-state index contributed by atoms with van der Waals surface area (Å²) < 4.78 is 38.4. The molecule has 0 aromatic heterocycles. The summed E-state index contributed by atoms with van der Waals surface area (Å²) in [6.07, 6.45) is 0.297. The van der Waals surface area contributed by atoms with E-state index in [0.717, 1.165) is 11.3 Å². The Morgan fingerprint density at radius 3 is 2.46 bits per heavy atom. The lowest BCUT2D eigenvalue weighted by atomic mass is 10.1. The molecule has 1 atom stereocenters. The monoisotopic (exact) mass is 404 g/mol. The summed E-state index contributed by atoms with van der Waals surface area (Å²) in [6, 6.07) is 12.3. The summed E-state index contributed by atoms with van der Waals surface area (Å²) in [5, 5.41) is 0. The van der Waals surface area contributed by atoms with Crippen molar-refractivity contribution in [1.82, 2.24) is 4.72 Å². The van der Waals surface area contributed by atoms with E-state index in [1.165, 1.54) is 20.3 Å². The van der Waals surface area contributed by atoms with Gasteiger partial charge in [0, 0.05) is 31.3 Å². The Hall–Kier alpha value is -2.58. The number of carbonyl (C=O) groups is 1. The maximum absolute atomic E-state index is 12.8. The first-order valence-corrected chi connectivity index (χ1v) is 10.4. The van der Waals surface area contributed by atoms with Gasteiger partial charge in [0.1, 0.15) is 16.4 Å². The number of aryl methyl sites for hydroxylation is 1. The van der Waals surface area contributed by atoms with Crippen LogP contribution in [0.15, 0.2) is 47.4 Å². The molecule has 0 spiro atoms. The van der Waals surface area contributed by atoms with Gasteiger partial charge in [-0.25, -0.2) is 13.1 Å². The van der Waals surface area contributed by atoms with Crippen LogP contribution in [0.3, 0.4) is 0 Å². The fourth-order valence-corrected chi connectivity index (χ4v) is 4.49. The average Bonchev–Trinajstić information content (AvgIpc) is 3.07. The van der Waals surface area contributed by atoms with Gasteiger partial charge in [-0.05, 0) is 37.1 Å². The van der Waals surface area contributed by atoms with Crippen LogP contribution in [0.5, 0.6) is 11.5 Å². The number of methoxy groups -OCH3 is 2. The number of nitrogens with zero attached hydrogens (tertiary/aromatic N) is 1. The third-order valence-corrected chi connectivity index (χ3v) is 6.22. The van der Waals surface area contributed by atoms with Gasteiger partial charge < -0.3 is 14.4 Å². The quantitative estimate of drug-likeness (QED) is 0.766. The molecule has 1 aliphatic heterocycles. The van der Waals surface area contributed by atoms with Gasteiger partial charge in [-0.2, -0.15) is 0 Å². The Bertz CT molecular complexity index is 957. The Morgan fingerprint density at radius 1 is 1.11 bits per heavy atom. The number of sulfonamides is 1. The predicted octanol–water partition coefficient (Wildman–Crippen LogP) is 2.34. The fraction of sp³-hybridized carbons (Fsp3) is 0.350. The maximum Gasteiger partial charge on any atom is 0.244 e. The van der Waals surface area contributed by atoms with Crippen LogP contribution in [0.25, 0.3) is 0 Å². The van der Waals surface area contributed by atoms with E-state index in [0.29, 0.717) is 18.7 Å². The minimum Gasteiger partial charge on any atom is -0.497 e. The minimum atomic E-state index is -3.81. The van der Waals surface area contributed by atoms with Crippen molar-refractivity contribution in [3.8, 4) is 11.5 Å².